The van der Waals surface area contributed by atoms with Crippen LogP contribution in [0.25, 0.3) is 0 Å². The molecule has 0 aliphatic carbocycles. The number of rotatable bonds is 4. The third kappa shape index (κ3) is 3.54. The van der Waals surface area contributed by atoms with Gasteiger partial charge in [-0.1, -0.05) is 30.3 Å². The minimum absolute atomic E-state index is 0.133. The molecule has 4 nitrogen and oxygen atoms in total. The molecule has 0 aliphatic rings. The van der Waals surface area contributed by atoms with E-state index in [1.165, 1.54) is 0 Å². The zero-order valence-corrected chi connectivity index (χ0v) is 13.9. The molecule has 2 aromatic carbocycles. The van der Waals surface area contributed by atoms with E-state index in [1.807, 2.05) is 54.6 Å². The topological polar surface area (TPSA) is 46.9 Å². The van der Waals surface area contributed by atoms with E-state index in [9.17, 15) is 4.79 Å². The number of hydrogen-bond acceptors (Lipinski definition) is 2. The quantitative estimate of drug-likeness (QED) is 0.674. The van der Waals surface area contributed by atoms with Crippen LogP contribution in [-0.4, -0.2) is 15.7 Å². The van der Waals surface area contributed by atoms with Crippen molar-refractivity contribution in [2.45, 2.75) is 6.54 Å². The number of anilines is 1. The Morgan fingerprint density at radius 2 is 1.77 bits per heavy atom. The molecule has 0 bridgehead atoms. The molecule has 0 saturated heterocycles. The molecule has 22 heavy (non-hydrogen) atoms. The van der Waals surface area contributed by atoms with Crippen molar-refractivity contribution in [3.63, 3.8) is 0 Å². The highest BCUT2D eigenvalue weighted by molar-refractivity contribution is 14.1. The fourth-order valence-electron chi connectivity index (χ4n) is 2.11. The predicted molar refractivity (Wildman–Crippen MR) is 94.9 cm³/mol. The molecule has 0 saturated carbocycles. The van der Waals surface area contributed by atoms with E-state index in [2.05, 4.69) is 33.0 Å². The number of carbonyl (C=O) groups is 1. The number of benzene rings is 2. The van der Waals surface area contributed by atoms with E-state index in [0.29, 0.717) is 17.9 Å². The fourth-order valence-corrected chi connectivity index (χ4v) is 2.47. The summed E-state index contributed by atoms with van der Waals surface area (Å²) >= 11 is 2.21. The summed E-state index contributed by atoms with van der Waals surface area (Å²) in [5.74, 6) is 0.554. The third-order valence-corrected chi connectivity index (χ3v) is 3.96. The Balaban J connectivity index is 1.75. The smallest absolute Gasteiger partial charge is 0.256 e. The predicted octanol–water partition coefficient (Wildman–Crippen LogP) is 3.79. The molecular formula is C17H14IN3O. The van der Waals surface area contributed by atoms with Gasteiger partial charge in [-0.3, -0.25) is 4.79 Å². The zero-order valence-electron chi connectivity index (χ0n) is 11.7. The molecule has 0 radical (unpaired) electrons. The minimum atomic E-state index is -0.133. The van der Waals surface area contributed by atoms with E-state index < -0.39 is 0 Å². The van der Waals surface area contributed by atoms with Crippen LogP contribution in [0.1, 0.15) is 15.9 Å². The number of halogens is 1. The lowest BCUT2D eigenvalue weighted by Gasteiger charge is -2.09. The average Bonchev–Trinajstić information content (AvgIpc) is 2.96. The van der Waals surface area contributed by atoms with Gasteiger partial charge in [-0.15, -0.1) is 0 Å². The van der Waals surface area contributed by atoms with E-state index in [4.69, 9.17) is 0 Å². The molecule has 0 spiro atoms. The molecule has 110 valence electrons. The van der Waals surface area contributed by atoms with Crippen molar-refractivity contribution in [3.05, 3.63) is 81.6 Å². The molecule has 0 unspecified atom stereocenters. The van der Waals surface area contributed by atoms with Crippen molar-refractivity contribution < 1.29 is 4.79 Å². The summed E-state index contributed by atoms with van der Waals surface area (Å²) in [5, 5.41) is 7.18. The van der Waals surface area contributed by atoms with Crippen LogP contribution in [0.15, 0.2) is 66.9 Å². The van der Waals surface area contributed by atoms with Gasteiger partial charge >= 0.3 is 0 Å². The number of aromatic nitrogens is 2. The second kappa shape index (κ2) is 6.74. The molecule has 1 N–H and O–H groups in total. The summed E-state index contributed by atoms with van der Waals surface area (Å²) in [6, 6.07) is 19.3. The first kappa shape index (κ1) is 14.8. The Labute approximate surface area is 142 Å². The third-order valence-electron chi connectivity index (χ3n) is 3.24. The maximum atomic E-state index is 12.3. The molecule has 5 heteroatoms. The van der Waals surface area contributed by atoms with Crippen molar-refractivity contribution in [1.82, 2.24) is 9.78 Å². The molecule has 1 heterocycles. The molecule has 3 aromatic rings. The minimum Gasteiger partial charge on any atom is -0.307 e. The number of nitrogens with zero attached hydrogens (tertiary/aromatic N) is 2. The summed E-state index contributed by atoms with van der Waals surface area (Å²) in [4.78, 5) is 12.3. The van der Waals surface area contributed by atoms with Gasteiger partial charge in [0.05, 0.1) is 12.7 Å². The van der Waals surface area contributed by atoms with Gasteiger partial charge in [0.25, 0.3) is 5.91 Å². The maximum Gasteiger partial charge on any atom is 0.256 e. The Bertz CT molecular complexity index is 766. The van der Waals surface area contributed by atoms with Crippen molar-refractivity contribution in [3.8, 4) is 0 Å². The zero-order chi connectivity index (χ0) is 15.4. The van der Waals surface area contributed by atoms with E-state index >= 15 is 0 Å². The highest BCUT2D eigenvalue weighted by Gasteiger charge is 2.09. The summed E-state index contributed by atoms with van der Waals surface area (Å²) < 4.78 is 2.88. The number of carbonyl (C=O) groups excluding carboxylic acids is 1. The van der Waals surface area contributed by atoms with E-state index in [-0.39, 0.29) is 5.91 Å². The molecule has 1 amide bonds. The van der Waals surface area contributed by atoms with Gasteiger partial charge in [0.2, 0.25) is 0 Å². The molecule has 1 aromatic heterocycles. The van der Waals surface area contributed by atoms with Crippen LogP contribution < -0.4 is 5.32 Å². The summed E-state index contributed by atoms with van der Waals surface area (Å²) in [6.07, 6.45) is 1.69. The number of nitrogens with one attached hydrogen (secondary N) is 1. The van der Waals surface area contributed by atoms with Crippen LogP contribution >= 0.6 is 22.6 Å². The van der Waals surface area contributed by atoms with Crippen LogP contribution in [0.5, 0.6) is 0 Å². The summed E-state index contributed by atoms with van der Waals surface area (Å²) in [5.41, 5.74) is 1.77. The Morgan fingerprint density at radius 3 is 2.50 bits per heavy atom. The Morgan fingerprint density at radius 1 is 1.05 bits per heavy atom. The lowest BCUT2D eigenvalue weighted by atomic mass is 10.2. The lowest BCUT2D eigenvalue weighted by Crippen LogP contribution is -2.16. The monoisotopic (exact) mass is 403 g/mol. The lowest BCUT2D eigenvalue weighted by molar-refractivity contribution is 0.102. The van der Waals surface area contributed by atoms with Gasteiger partial charge < -0.3 is 5.32 Å². The number of hydrogen-bond donors (Lipinski definition) is 1. The Kier molecular flexibility index (Phi) is 4.53. The van der Waals surface area contributed by atoms with Crippen LogP contribution in [0, 0.1) is 3.57 Å². The largest absolute Gasteiger partial charge is 0.307 e. The highest BCUT2D eigenvalue weighted by Crippen LogP contribution is 2.13. The van der Waals surface area contributed by atoms with Gasteiger partial charge in [-0.2, -0.15) is 5.10 Å². The molecule has 0 fully saturated rings. The standard InChI is InChI=1S/C17H14IN3O/c18-15-8-6-14(7-9-15)17(22)20-16-10-11-19-21(16)12-13-4-2-1-3-5-13/h1-11H,12H2,(H,20,22). The first-order chi connectivity index (χ1) is 10.7. The second-order valence-electron chi connectivity index (χ2n) is 4.82. The Hall–Kier alpha value is -2.15. The average molecular weight is 403 g/mol. The normalized spacial score (nSPS) is 10.4. The van der Waals surface area contributed by atoms with Crippen LogP contribution in [0.2, 0.25) is 0 Å². The highest BCUT2D eigenvalue weighted by atomic mass is 127. The second-order valence-corrected chi connectivity index (χ2v) is 6.07. The first-order valence-electron chi connectivity index (χ1n) is 6.85. The molecule has 3 rings (SSSR count). The van der Waals surface area contributed by atoms with Gasteiger partial charge in [-0.25, -0.2) is 4.68 Å². The van der Waals surface area contributed by atoms with Crippen LogP contribution in [0.4, 0.5) is 5.82 Å². The van der Waals surface area contributed by atoms with Crippen molar-refractivity contribution in [2.75, 3.05) is 5.32 Å². The summed E-state index contributed by atoms with van der Waals surface area (Å²) in [6.45, 7) is 0.621. The fraction of sp³-hybridized carbons (Fsp3) is 0.0588. The van der Waals surface area contributed by atoms with Crippen molar-refractivity contribution in [1.29, 1.82) is 0 Å². The summed E-state index contributed by atoms with van der Waals surface area (Å²) in [7, 11) is 0. The first-order valence-corrected chi connectivity index (χ1v) is 7.93. The SMILES string of the molecule is O=C(Nc1ccnn1Cc1ccccc1)c1ccc(I)cc1. The number of amides is 1. The van der Waals surface area contributed by atoms with Gasteiger partial charge in [0.1, 0.15) is 5.82 Å². The van der Waals surface area contributed by atoms with E-state index in [0.717, 1.165) is 9.13 Å². The van der Waals surface area contributed by atoms with Gasteiger partial charge in [0.15, 0.2) is 0 Å². The van der Waals surface area contributed by atoms with Crippen LogP contribution in [-0.2, 0) is 6.54 Å². The molecular weight excluding hydrogens is 389 g/mol. The van der Waals surface area contributed by atoms with Crippen molar-refractivity contribution in [2.24, 2.45) is 0 Å². The van der Waals surface area contributed by atoms with Gasteiger partial charge in [-0.05, 0) is 52.4 Å². The maximum absolute atomic E-state index is 12.3. The van der Waals surface area contributed by atoms with Crippen molar-refractivity contribution >= 4 is 34.3 Å². The van der Waals surface area contributed by atoms with Gasteiger partial charge in [0, 0.05) is 15.2 Å². The van der Waals surface area contributed by atoms with E-state index in [1.54, 1.807) is 16.9 Å². The molecule has 0 aliphatic heterocycles. The van der Waals surface area contributed by atoms with Crippen LogP contribution in [0.3, 0.4) is 0 Å². The molecule has 0 atom stereocenters.